The van der Waals surface area contributed by atoms with Crippen molar-refractivity contribution in [2.75, 3.05) is 24.5 Å². The van der Waals surface area contributed by atoms with Crippen LogP contribution in [-0.2, 0) is 0 Å². The minimum Gasteiger partial charge on any atom is -0.477 e. The molecule has 0 bridgehead atoms. The van der Waals surface area contributed by atoms with Gasteiger partial charge in [0.25, 0.3) is 0 Å². The first kappa shape index (κ1) is 19.2. The van der Waals surface area contributed by atoms with Crippen LogP contribution in [-0.4, -0.2) is 35.3 Å². The van der Waals surface area contributed by atoms with E-state index < -0.39 is 17.2 Å². The molecule has 7 nitrogen and oxygen atoms in total. The number of carboxylic acid groups (broad SMARTS) is 1. The molecule has 2 heterocycles. The SMILES string of the molecule is [C-]#[N+]C(CN)=C1CCN(c2cc3c(cc2F)c(=O)c(C(=O)O)cn3C2CC2)CC1. The minimum absolute atomic E-state index is 0.0917. The molecule has 4 rings (SSSR count). The summed E-state index contributed by atoms with van der Waals surface area (Å²) in [6.45, 7) is 8.53. The summed E-state index contributed by atoms with van der Waals surface area (Å²) in [5.41, 5.74) is 7.17. The molecule has 0 amide bonds. The number of carboxylic acids is 1. The summed E-state index contributed by atoms with van der Waals surface area (Å²) in [7, 11) is 0. The Hall–Kier alpha value is -3.18. The molecule has 1 saturated carbocycles. The van der Waals surface area contributed by atoms with Crippen molar-refractivity contribution in [1.82, 2.24) is 4.57 Å². The second-order valence-corrected chi connectivity index (χ2v) is 7.49. The Morgan fingerprint density at radius 1 is 1.31 bits per heavy atom. The summed E-state index contributed by atoms with van der Waals surface area (Å²) < 4.78 is 16.7. The molecule has 0 unspecified atom stereocenters. The molecule has 29 heavy (non-hydrogen) atoms. The summed E-state index contributed by atoms with van der Waals surface area (Å²) in [4.78, 5) is 29.4. The van der Waals surface area contributed by atoms with Gasteiger partial charge in [0.1, 0.15) is 11.4 Å². The Balaban J connectivity index is 1.77. The molecule has 150 valence electrons. The Labute approximate surface area is 166 Å². The van der Waals surface area contributed by atoms with Crippen molar-refractivity contribution in [3.05, 3.63) is 62.6 Å². The van der Waals surface area contributed by atoms with Crippen LogP contribution in [0.1, 0.15) is 42.1 Å². The summed E-state index contributed by atoms with van der Waals surface area (Å²) in [5.74, 6) is -1.85. The van der Waals surface area contributed by atoms with Crippen LogP contribution in [0.5, 0.6) is 0 Å². The molecule has 1 aromatic heterocycles. The molecular formula is C21H21FN4O3. The molecule has 0 radical (unpaired) electrons. The number of piperidine rings is 1. The number of fused-ring (bicyclic) bond motifs is 1. The van der Waals surface area contributed by atoms with Gasteiger partial charge in [-0.25, -0.2) is 14.0 Å². The van der Waals surface area contributed by atoms with Gasteiger partial charge in [-0.3, -0.25) is 4.79 Å². The topological polar surface area (TPSA) is 92.9 Å². The van der Waals surface area contributed by atoms with Crippen molar-refractivity contribution < 1.29 is 14.3 Å². The summed E-state index contributed by atoms with van der Waals surface area (Å²) >= 11 is 0. The molecule has 1 saturated heterocycles. The maximum Gasteiger partial charge on any atom is 0.341 e. The highest BCUT2D eigenvalue weighted by Crippen LogP contribution is 2.38. The lowest BCUT2D eigenvalue weighted by atomic mass is 10.0. The monoisotopic (exact) mass is 396 g/mol. The van der Waals surface area contributed by atoms with Crippen molar-refractivity contribution >= 4 is 22.6 Å². The largest absolute Gasteiger partial charge is 0.477 e. The average molecular weight is 396 g/mol. The first-order chi connectivity index (χ1) is 13.9. The van der Waals surface area contributed by atoms with Crippen molar-refractivity contribution in [2.24, 2.45) is 5.73 Å². The number of aromatic carboxylic acids is 1. The van der Waals surface area contributed by atoms with Crippen molar-refractivity contribution in [3.63, 3.8) is 0 Å². The molecule has 8 heteroatoms. The molecule has 1 aromatic carbocycles. The van der Waals surface area contributed by atoms with Crippen LogP contribution >= 0.6 is 0 Å². The maximum absolute atomic E-state index is 14.9. The highest BCUT2D eigenvalue weighted by molar-refractivity contribution is 5.93. The molecule has 1 aliphatic carbocycles. The van der Waals surface area contributed by atoms with Crippen LogP contribution < -0.4 is 16.1 Å². The van der Waals surface area contributed by atoms with E-state index in [2.05, 4.69) is 4.85 Å². The van der Waals surface area contributed by atoms with E-state index >= 15 is 0 Å². The van der Waals surface area contributed by atoms with Crippen molar-refractivity contribution in [1.29, 1.82) is 0 Å². The zero-order valence-electron chi connectivity index (χ0n) is 15.8. The fraction of sp³-hybridized carbons (Fsp3) is 0.381. The quantitative estimate of drug-likeness (QED) is 0.776. The minimum atomic E-state index is -1.30. The third kappa shape index (κ3) is 3.38. The fourth-order valence-corrected chi connectivity index (χ4v) is 3.98. The van der Waals surface area contributed by atoms with Gasteiger partial charge in [-0.05, 0) is 37.8 Å². The van der Waals surface area contributed by atoms with Crippen LogP contribution in [0.2, 0.25) is 0 Å². The second-order valence-electron chi connectivity index (χ2n) is 7.49. The lowest BCUT2D eigenvalue weighted by Gasteiger charge is -2.31. The predicted molar refractivity (Wildman–Crippen MR) is 108 cm³/mol. The smallest absolute Gasteiger partial charge is 0.341 e. The number of hydrogen-bond donors (Lipinski definition) is 2. The first-order valence-electron chi connectivity index (χ1n) is 9.59. The molecule has 0 atom stereocenters. The summed E-state index contributed by atoms with van der Waals surface area (Å²) in [6, 6.07) is 2.95. The van der Waals surface area contributed by atoms with E-state index in [1.54, 1.807) is 10.6 Å². The van der Waals surface area contributed by atoms with Gasteiger partial charge >= 0.3 is 5.97 Å². The normalized spacial score (nSPS) is 16.7. The predicted octanol–water partition coefficient (Wildman–Crippen LogP) is 2.91. The van der Waals surface area contributed by atoms with E-state index in [-0.39, 0.29) is 23.5 Å². The number of benzene rings is 1. The van der Waals surface area contributed by atoms with Crippen LogP contribution in [0.3, 0.4) is 0 Å². The van der Waals surface area contributed by atoms with Crippen LogP contribution in [0.4, 0.5) is 10.1 Å². The third-order valence-corrected chi connectivity index (χ3v) is 5.72. The Morgan fingerprint density at radius 3 is 2.55 bits per heavy atom. The van der Waals surface area contributed by atoms with Gasteiger partial charge in [-0.15, -0.1) is 0 Å². The average Bonchev–Trinajstić information content (AvgIpc) is 3.55. The lowest BCUT2D eigenvalue weighted by molar-refractivity contribution is 0.0695. The van der Waals surface area contributed by atoms with Gasteiger partial charge in [0, 0.05) is 37.3 Å². The number of anilines is 1. The number of carbonyl (C=O) groups is 1. The van der Waals surface area contributed by atoms with E-state index in [9.17, 15) is 19.1 Å². The first-order valence-corrected chi connectivity index (χ1v) is 9.59. The zero-order valence-corrected chi connectivity index (χ0v) is 15.8. The Morgan fingerprint density at radius 2 is 2.00 bits per heavy atom. The number of hydrogen-bond acceptors (Lipinski definition) is 4. The van der Waals surface area contributed by atoms with Gasteiger partial charge in [0.15, 0.2) is 5.70 Å². The highest BCUT2D eigenvalue weighted by Gasteiger charge is 2.28. The van der Waals surface area contributed by atoms with Gasteiger partial charge in [0.05, 0.1) is 17.8 Å². The zero-order chi connectivity index (χ0) is 20.7. The highest BCUT2D eigenvalue weighted by atomic mass is 19.1. The number of nitrogens with zero attached hydrogens (tertiary/aromatic N) is 3. The van der Waals surface area contributed by atoms with E-state index in [1.165, 1.54) is 6.20 Å². The van der Waals surface area contributed by atoms with E-state index in [0.29, 0.717) is 42.8 Å². The fourth-order valence-electron chi connectivity index (χ4n) is 3.98. The second kappa shape index (κ2) is 7.33. The van der Waals surface area contributed by atoms with Gasteiger partial charge in [0.2, 0.25) is 5.43 Å². The van der Waals surface area contributed by atoms with Crippen LogP contribution in [0.25, 0.3) is 15.7 Å². The maximum atomic E-state index is 14.9. The number of nitrogens with two attached hydrogens (primary N) is 1. The van der Waals surface area contributed by atoms with Crippen molar-refractivity contribution in [2.45, 2.75) is 31.7 Å². The molecule has 2 aliphatic rings. The molecule has 1 aliphatic heterocycles. The number of aromatic nitrogens is 1. The van der Waals surface area contributed by atoms with Crippen LogP contribution in [0.15, 0.2) is 34.4 Å². The number of pyridine rings is 1. The van der Waals surface area contributed by atoms with Gasteiger partial charge in [-0.2, -0.15) is 0 Å². The molecule has 2 fully saturated rings. The van der Waals surface area contributed by atoms with Gasteiger partial charge in [-0.1, -0.05) is 5.57 Å². The Kier molecular flexibility index (Phi) is 4.84. The molecule has 2 aromatic rings. The van der Waals surface area contributed by atoms with Crippen molar-refractivity contribution in [3.8, 4) is 0 Å². The summed E-state index contributed by atoms with van der Waals surface area (Å²) in [6.07, 6.45) is 4.46. The summed E-state index contributed by atoms with van der Waals surface area (Å²) in [5, 5.41) is 9.43. The van der Waals surface area contributed by atoms with E-state index in [0.717, 1.165) is 24.5 Å². The molecule has 0 spiro atoms. The lowest BCUT2D eigenvalue weighted by Crippen LogP contribution is -2.32. The van der Waals surface area contributed by atoms with E-state index in [4.69, 9.17) is 12.3 Å². The molecule has 3 N–H and O–H groups in total. The molecular weight excluding hydrogens is 375 g/mol. The number of rotatable bonds is 4. The third-order valence-electron chi connectivity index (χ3n) is 5.72. The standard InChI is InChI=1S/C21H21FN4O3/c1-24-17(10-23)12-4-6-25(7-5-12)19-9-18-14(8-16(19)22)20(27)15(21(28)29)11-26(18)13-2-3-13/h8-9,11,13H,2-7,10,23H2,(H,28,29). The number of halogens is 1. The Bertz CT molecular complexity index is 1130. The van der Waals surface area contributed by atoms with Gasteiger partial charge < -0.3 is 20.3 Å². The van der Waals surface area contributed by atoms with Crippen LogP contribution in [0, 0.1) is 12.4 Å². The van der Waals surface area contributed by atoms with E-state index in [1.807, 2.05) is 4.90 Å².